The van der Waals surface area contributed by atoms with E-state index < -0.39 is 0 Å². The molecule has 0 radical (unpaired) electrons. The van der Waals surface area contributed by atoms with Gasteiger partial charge in [0.1, 0.15) is 0 Å². The molecule has 6 rings (SSSR count). The third-order valence-electron chi connectivity index (χ3n) is 7.75. The van der Waals surface area contributed by atoms with Gasteiger partial charge in [0, 0.05) is 45.1 Å². The number of halogens is 1. The second-order valence-electron chi connectivity index (χ2n) is 10.4. The van der Waals surface area contributed by atoms with Gasteiger partial charge in [0.25, 0.3) is 0 Å². The number of para-hydroxylation sites is 2. The minimum atomic E-state index is 0. The van der Waals surface area contributed by atoms with E-state index in [0.29, 0.717) is 6.04 Å². The van der Waals surface area contributed by atoms with Crippen molar-refractivity contribution in [2.45, 2.75) is 57.9 Å². The molecule has 3 aromatic heterocycles. The van der Waals surface area contributed by atoms with E-state index in [9.17, 15) is 0 Å². The van der Waals surface area contributed by atoms with Crippen LogP contribution in [0.15, 0.2) is 97.6 Å². The number of nitrogens with one attached hydrogen (secondary N) is 1. The van der Waals surface area contributed by atoms with E-state index in [2.05, 4.69) is 91.5 Å². The van der Waals surface area contributed by atoms with Crippen molar-refractivity contribution in [3.8, 4) is 0 Å². The van der Waals surface area contributed by atoms with Crippen LogP contribution >= 0.6 is 17.0 Å². The van der Waals surface area contributed by atoms with Gasteiger partial charge < -0.3 is 9.88 Å². The van der Waals surface area contributed by atoms with Gasteiger partial charge in [0.2, 0.25) is 0 Å². The van der Waals surface area contributed by atoms with Gasteiger partial charge in [0.05, 0.1) is 34.8 Å². The highest BCUT2D eigenvalue weighted by Gasteiger charge is 2.27. The van der Waals surface area contributed by atoms with Gasteiger partial charge in [-0.1, -0.05) is 48.5 Å². The number of rotatable bonds is 11. The maximum Gasteiger partial charge on any atom is 0.0958 e. The number of pyridine rings is 2. The first-order chi connectivity index (χ1) is 19.3. The lowest BCUT2D eigenvalue weighted by Crippen LogP contribution is -2.33. The zero-order valence-electron chi connectivity index (χ0n) is 22.8. The summed E-state index contributed by atoms with van der Waals surface area (Å²) in [6.07, 6.45) is 10.4. The standard InChI is InChI=1S/C33H36N6.BrH/c1-2-12-31-30(11-1)37-25-39(31)21-7-20-38(32-13-5-8-28-9-6-19-36-33(28)32)24-27-16-14-26(15-17-27)22-34-23-29-10-3-4-18-35-29;/h1-4,6,9-12,14-19,25,32,34H,5,7-8,13,20-24H2;1H. The van der Waals surface area contributed by atoms with Crippen LogP contribution in [0.1, 0.15) is 53.4 Å². The Bertz CT molecular complexity index is 1480. The van der Waals surface area contributed by atoms with Crippen LogP contribution < -0.4 is 5.32 Å². The molecular formula is C33H37BrN6. The molecule has 2 aromatic carbocycles. The summed E-state index contributed by atoms with van der Waals surface area (Å²) in [5.41, 5.74) is 8.66. The lowest BCUT2D eigenvalue weighted by molar-refractivity contribution is 0.161. The van der Waals surface area contributed by atoms with Crippen molar-refractivity contribution in [1.82, 2.24) is 29.7 Å². The number of aryl methyl sites for hydroxylation is 2. The fourth-order valence-electron chi connectivity index (χ4n) is 5.75. The van der Waals surface area contributed by atoms with Gasteiger partial charge in [-0.15, -0.1) is 17.0 Å². The molecule has 0 aliphatic heterocycles. The number of hydrogen-bond acceptors (Lipinski definition) is 5. The summed E-state index contributed by atoms with van der Waals surface area (Å²) in [7, 11) is 0. The molecule has 6 nitrogen and oxygen atoms in total. The number of fused-ring (bicyclic) bond motifs is 2. The van der Waals surface area contributed by atoms with E-state index in [1.807, 2.05) is 30.9 Å². The van der Waals surface area contributed by atoms with Gasteiger partial charge >= 0.3 is 0 Å². The molecular weight excluding hydrogens is 560 g/mol. The summed E-state index contributed by atoms with van der Waals surface area (Å²) in [5, 5.41) is 3.51. The normalized spacial score (nSPS) is 14.7. The second-order valence-corrected chi connectivity index (χ2v) is 10.4. The lowest BCUT2D eigenvalue weighted by atomic mass is 9.90. The maximum absolute atomic E-state index is 4.86. The lowest BCUT2D eigenvalue weighted by Gasteiger charge is -2.35. The Balaban J connectivity index is 0.00000323. The van der Waals surface area contributed by atoms with Crippen molar-refractivity contribution in [2.75, 3.05) is 6.54 Å². The number of benzene rings is 2. The molecule has 0 saturated carbocycles. The third-order valence-corrected chi connectivity index (χ3v) is 7.75. The topological polar surface area (TPSA) is 58.9 Å². The average Bonchev–Trinajstić information content (AvgIpc) is 3.41. The summed E-state index contributed by atoms with van der Waals surface area (Å²) in [4.78, 5) is 16.5. The van der Waals surface area contributed by atoms with Crippen LogP contribution in [0.25, 0.3) is 11.0 Å². The molecule has 7 heteroatoms. The molecule has 1 atom stereocenters. The van der Waals surface area contributed by atoms with Crippen molar-refractivity contribution in [3.05, 3.63) is 126 Å². The van der Waals surface area contributed by atoms with E-state index in [1.165, 1.54) is 34.3 Å². The number of aromatic nitrogens is 4. The molecule has 1 aliphatic carbocycles. The first kappa shape index (κ1) is 28.1. The van der Waals surface area contributed by atoms with E-state index >= 15 is 0 Å². The summed E-state index contributed by atoms with van der Waals surface area (Å²) >= 11 is 0. The Morgan fingerprint density at radius 2 is 1.65 bits per heavy atom. The summed E-state index contributed by atoms with van der Waals surface area (Å²) in [5.74, 6) is 0. The highest BCUT2D eigenvalue weighted by Crippen LogP contribution is 2.34. The van der Waals surface area contributed by atoms with Gasteiger partial charge in [-0.3, -0.25) is 14.9 Å². The average molecular weight is 598 g/mol. The number of imidazole rings is 1. The van der Waals surface area contributed by atoms with Crippen molar-refractivity contribution >= 4 is 28.0 Å². The zero-order valence-corrected chi connectivity index (χ0v) is 24.5. The smallest absolute Gasteiger partial charge is 0.0958 e. The van der Waals surface area contributed by atoms with Crippen LogP contribution in [0.2, 0.25) is 0 Å². The number of nitrogens with zero attached hydrogens (tertiary/aromatic N) is 5. The quantitative estimate of drug-likeness (QED) is 0.185. The van der Waals surface area contributed by atoms with Crippen molar-refractivity contribution in [1.29, 1.82) is 0 Å². The van der Waals surface area contributed by atoms with Gasteiger partial charge in [-0.05, 0) is 72.7 Å². The van der Waals surface area contributed by atoms with E-state index in [-0.39, 0.29) is 17.0 Å². The zero-order chi connectivity index (χ0) is 26.3. The molecule has 0 saturated heterocycles. The first-order valence-electron chi connectivity index (χ1n) is 14.1. The molecule has 1 aliphatic rings. The first-order valence-corrected chi connectivity index (χ1v) is 14.1. The predicted octanol–water partition coefficient (Wildman–Crippen LogP) is 6.66. The predicted molar refractivity (Wildman–Crippen MR) is 166 cm³/mol. The summed E-state index contributed by atoms with van der Waals surface area (Å²) < 4.78 is 2.29. The fraction of sp³-hybridized carbons (Fsp3) is 0.303. The Morgan fingerprint density at radius 1 is 0.825 bits per heavy atom. The van der Waals surface area contributed by atoms with Crippen LogP contribution in [0, 0.1) is 0 Å². The van der Waals surface area contributed by atoms with Gasteiger partial charge in [-0.25, -0.2) is 4.98 Å². The SMILES string of the molecule is Br.c1ccc(CNCc2ccc(CN(CCCn3cnc4ccccc43)C3CCCc4cccnc43)cc2)nc1. The van der Waals surface area contributed by atoms with E-state index in [1.54, 1.807) is 0 Å². The Hall–Kier alpha value is -3.39. The van der Waals surface area contributed by atoms with Crippen LogP contribution in [0.5, 0.6) is 0 Å². The third kappa shape index (κ3) is 6.84. The largest absolute Gasteiger partial charge is 0.331 e. The molecule has 5 aromatic rings. The molecule has 206 valence electrons. The molecule has 1 N–H and O–H groups in total. The van der Waals surface area contributed by atoms with Crippen LogP contribution in [-0.4, -0.2) is 31.0 Å². The maximum atomic E-state index is 4.86. The van der Waals surface area contributed by atoms with Gasteiger partial charge in [0.15, 0.2) is 0 Å². The van der Waals surface area contributed by atoms with E-state index in [4.69, 9.17) is 4.98 Å². The molecule has 1 unspecified atom stereocenters. The van der Waals surface area contributed by atoms with Crippen molar-refractivity contribution < 1.29 is 0 Å². The molecule has 3 heterocycles. The molecule has 0 spiro atoms. The highest BCUT2D eigenvalue weighted by atomic mass is 79.9. The Labute approximate surface area is 247 Å². The Kier molecular flexibility index (Phi) is 9.71. The molecule has 0 amide bonds. The summed E-state index contributed by atoms with van der Waals surface area (Å²) in [6.45, 7) is 4.50. The van der Waals surface area contributed by atoms with Crippen LogP contribution in [0.4, 0.5) is 0 Å². The van der Waals surface area contributed by atoms with Crippen LogP contribution in [-0.2, 0) is 32.6 Å². The van der Waals surface area contributed by atoms with E-state index in [0.717, 1.165) is 63.2 Å². The Morgan fingerprint density at radius 3 is 2.52 bits per heavy atom. The highest BCUT2D eigenvalue weighted by molar-refractivity contribution is 8.93. The minimum Gasteiger partial charge on any atom is -0.331 e. The van der Waals surface area contributed by atoms with Gasteiger partial charge in [-0.2, -0.15) is 0 Å². The minimum absolute atomic E-state index is 0. The molecule has 40 heavy (non-hydrogen) atoms. The monoisotopic (exact) mass is 596 g/mol. The van der Waals surface area contributed by atoms with Crippen LogP contribution in [0.3, 0.4) is 0 Å². The number of hydrogen-bond donors (Lipinski definition) is 1. The second kappa shape index (κ2) is 13.8. The van der Waals surface area contributed by atoms with Crippen molar-refractivity contribution in [2.24, 2.45) is 0 Å². The molecule has 0 fully saturated rings. The molecule has 0 bridgehead atoms. The summed E-state index contributed by atoms with van der Waals surface area (Å²) in [6, 6.07) is 28.2. The fourth-order valence-corrected chi connectivity index (χ4v) is 5.75. The van der Waals surface area contributed by atoms with Crippen molar-refractivity contribution in [3.63, 3.8) is 0 Å².